The van der Waals surface area contributed by atoms with Crippen LogP contribution in [0.3, 0.4) is 0 Å². The smallest absolute Gasteiger partial charge is 0.0423 e. The SMILES string of the molecule is C=CCN(CC1=CC=CC1)[C@@H]1c2ccccc2CC2=CCC[C@H]21. The summed E-state index contributed by atoms with van der Waals surface area (Å²) in [5.41, 5.74) is 6.26. The van der Waals surface area contributed by atoms with Crippen LogP contribution in [-0.2, 0) is 6.42 Å². The van der Waals surface area contributed by atoms with Crippen LogP contribution < -0.4 is 0 Å². The highest BCUT2D eigenvalue weighted by atomic mass is 15.2. The Morgan fingerprint density at radius 1 is 1.26 bits per heavy atom. The van der Waals surface area contributed by atoms with E-state index in [0.29, 0.717) is 12.0 Å². The van der Waals surface area contributed by atoms with Crippen molar-refractivity contribution in [3.8, 4) is 0 Å². The molecule has 0 saturated heterocycles. The van der Waals surface area contributed by atoms with Crippen LogP contribution in [0, 0.1) is 5.92 Å². The molecule has 118 valence electrons. The second-order valence-corrected chi connectivity index (χ2v) is 6.96. The lowest BCUT2D eigenvalue weighted by atomic mass is 9.76. The molecule has 0 saturated carbocycles. The molecule has 3 aliphatic rings. The quantitative estimate of drug-likeness (QED) is 0.692. The molecular weight excluding hydrogens is 278 g/mol. The van der Waals surface area contributed by atoms with Crippen LogP contribution in [-0.4, -0.2) is 18.0 Å². The molecule has 4 rings (SSSR count). The fourth-order valence-electron chi connectivity index (χ4n) is 4.53. The van der Waals surface area contributed by atoms with Gasteiger partial charge in [0.25, 0.3) is 0 Å². The Labute approximate surface area is 139 Å². The molecule has 0 amide bonds. The van der Waals surface area contributed by atoms with Crippen molar-refractivity contribution in [2.75, 3.05) is 13.1 Å². The van der Waals surface area contributed by atoms with Gasteiger partial charge in [0.2, 0.25) is 0 Å². The first-order chi connectivity index (χ1) is 11.4. The molecule has 1 heteroatoms. The average Bonchev–Trinajstić information content (AvgIpc) is 3.23. The molecular formula is C22H25N. The monoisotopic (exact) mass is 303 g/mol. The van der Waals surface area contributed by atoms with E-state index in [4.69, 9.17) is 0 Å². The molecule has 0 N–H and O–H groups in total. The van der Waals surface area contributed by atoms with Gasteiger partial charge >= 0.3 is 0 Å². The van der Waals surface area contributed by atoms with E-state index in [2.05, 4.69) is 66.1 Å². The van der Waals surface area contributed by atoms with Crippen molar-refractivity contribution in [2.45, 2.75) is 31.7 Å². The van der Waals surface area contributed by atoms with Crippen LogP contribution in [0.2, 0.25) is 0 Å². The standard InChI is InChI=1S/C22H25N/c1-2-14-23(16-17-8-3-4-9-17)22-20-12-6-5-10-18(20)15-19-11-7-13-21(19)22/h2-6,8,10-12,21-22H,1,7,9,13-16H2/t21-,22-/m1/s1. The number of fused-ring (bicyclic) bond motifs is 2. The molecule has 1 nitrogen and oxygen atoms in total. The fourth-order valence-corrected chi connectivity index (χ4v) is 4.53. The van der Waals surface area contributed by atoms with Crippen LogP contribution in [0.1, 0.15) is 36.4 Å². The van der Waals surface area contributed by atoms with Gasteiger partial charge in [0.15, 0.2) is 0 Å². The van der Waals surface area contributed by atoms with Gasteiger partial charge in [-0.25, -0.2) is 0 Å². The third kappa shape index (κ3) is 2.74. The summed E-state index contributed by atoms with van der Waals surface area (Å²) in [4.78, 5) is 2.65. The van der Waals surface area contributed by atoms with Gasteiger partial charge in [-0.05, 0) is 36.8 Å². The summed E-state index contributed by atoms with van der Waals surface area (Å²) in [5.74, 6) is 0.694. The van der Waals surface area contributed by atoms with Gasteiger partial charge in [0.1, 0.15) is 0 Å². The summed E-state index contributed by atoms with van der Waals surface area (Å²) in [5, 5.41) is 0. The van der Waals surface area contributed by atoms with Gasteiger partial charge < -0.3 is 0 Å². The molecule has 0 spiro atoms. The van der Waals surface area contributed by atoms with Gasteiger partial charge in [-0.2, -0.15) is 0 Å². The number of nitrogens with zero attached hydrogens (tertiary/aromatic N) is 1. The van der Waals surface area contributed by atoms with Gasteiger partial charge in [-0.3, -0.25) is 4.90 Å². The molecule has 0 fully saturated rings. The van der Waals surface area contributed by atoms with E-state index in [0.717, 1.165) is 25.9 Å². The summed E-state index contributed by atoms with van der Waals surface area (Å²) >= 11 is 0. The summed E-state index contributed by atoms with van der Waals surface area (Å²) < 4.78 is 0. The molecule has 2 atom stereocenters. The van der Waals surface area contributed by atoms with Crippen LogP contribution in [0.25, 0.3) is 0 Å². The number of benzene rings is 1. The fraction of sp³-hybridized carbons (Fsp3) is 0.364. The number of hydrogen-bond acceptors (Lipinski definition) is 1. The van der Waals surface area contributed by atoms with E-state index >= 15 is 0 Å². The number of rotatable bonds is 5. The van der Waals surface area contributed by atoms with E-state index in [1.54, 1.807) is 11.1 Å². The minimum Gasteiger partial charge on any atom is -0.288 e. The zero-order chi connectivity index (χ0) is 15.6. The second kappa shape index (κ2) is 6.33. The van der Waals surface area contributed by atoms with E-state index < -0.39 is 0 Å². The highest BCUT2D eigenvalue weighted by molar-refractivity contribution is 5.41. The molecule has 23 heavy (non-hydrogen) atoms. The lowest BCUT2D eigenvalue weighted by Crippen LogP contribution is -2.38. The normalized spacial score (nSPS) is 25.1. The first-order valence-electron chi connectivity index (χ1n) is 8.83. The molecule has 0 bridgehead atoms. The molecule has 3 aliphatic carbocycles. The maximum Gasteiger partial charge on any atom is 0.0423 e. The zero-order valence-electron chi connectivity index (χ0n) is 13.7. The highest BCUT2D eigenvalue weighted by Crippen LogP contribution is 2.47. The Bertz CT molecular complexity index is 692. The van der Waals surface area contributed by atoms with E-state index in [9.17, 15) is 0 Å². The largest absolute Gasteiger partial charge is 0.288 e. The third-order valence-electron chi connectivity index (χ3n) is 5.52. The van der Waals surface area contributed by atoms with Crippen molar-refractivity contribution in [3.05, 3.63) is 83.5 Å². The molecule has 0 radical (unpaired) electrons. The molecule has 0 heterocycles. The van der Waals surface area contributed by atoms with Crippen LogP contribution >= 0.6 is 0 Å². The molecule has 0 aromatic heterocycles. The Kier molecular flexibility index (Phi) is 4.05. The molecule has 0 aliphatic heterocycles. The van der Waals surface area contributed by atoms with Crippen molar-refractivity contribution in [3.63, 3.8) is 0 Å². The maximum atomic E-state index is 4.02. The highest BCUT2D eigenvalue weighted by Gasteiger charge is 2.37. The van der Waals surface area contributed by atoms with Crippen molar-refractivity contribution >= 4 is 0 Å². The van der Waals surface area contributed by atoms with Crippen molar-refractivity contribution < 1.29 is 0 Å². The Morgan fingerprint density at radius 3 is 3.00 bits per heavy atom. The van der Waals surface area contributed by atoms with E-state index in [-0.39, 0.29) is 0 Å². The maximum absolute atomic E-state index is 4.02. The predicted molar refractivity (Wildman–Crippen MR) is 97.3 cm³/mol. The van der Waals surface area contributed by atoms with Crippen LogP contribution in [0.4, 0.5) is 0 Å². The summed E-state index contributed by atoms with van der Waals surface area (Å²) in [7, 11) is 0. The van der Waals surface area contributed by atoms with Gasteiger partial charge in [-0.1, -0.05) is 65.8 Å². The van der Waals surface area contributed by atoms with E-state index in [1.807, 2.05) is 0 Å². The zero-order valence-corrected chi connectivity index (χ0v) is 13.7. The third-order valence-corrected chi connectivity index (χ3v) is 5.52. The summed E-state index contributed by atoms with van der Waals surface area (Å²) in [6.07, 6.45) is 16.1. The minimum absolute atomic E-state index is 0.508. The first-order valence-corrected chi connectivity index (χ1v) is 8.83. The lowest BCUT2D eigenvalue weighted by molar-refractivity contribution is 0.178. The Hall–Kier alpha value is -1.86. The summed E-state index contributed by atoms with van der Waals surface area (Å²) in [6, 6.07) is 9.57. The van der Waals surface area contributed by atoms with Crippen molar-refractivity contribution in [1.82, 2.24) is 4.90 Å². The summed E-state index contributed by atoms with van der Waals surface area (Å²) in [6.45, 7) is 6.04. The van der Waals surface area contributed by atoms with Crippen LogP contribution in [0.5, 0.6) is 0 Å². The van der Waals surface area contributed by atoms with Gasteiger partial charge in [0, 0.05) is 25.0 Å². The van der Waals surface area contributed by atoms with Crippen molar-refractivity contribution in [1.29, 1.82) is 0 Å². The number of allylic oxidation sites excluding steroid dienone is 4. The Balaban J connectivity index is 1.70. The predicted octanol–water partition coefficient (Wildman–Crippen LogP) is 4.99. The lowest BCUT2D eigenvalue weighted by Gasteiger charge is -2.41. The molecule has 0 unspecified atom stereocenters. The Morgan fingerprint density at radius 2 is 2.17 bits per heavy atom. The first kappa shape index (κ1) is 14.7. The van der Waals surface area contributed by atoms with Gasteiger partial charge in [0.05, 0.1) is 0 Å². The average molecular weight is 303 g/mol. The topological polar surface area (TPSA) is 3.24 Å². The van der Waals surface area contributed by atoms with E-state index in [1.165, 1.54) is 24.0 Å². The second-order valence-electron chi connectivity index (χ2n) is 6.96. The molecule has 1 aromatic rings. The van der Waals surface area contributed by atoms with Crippen molar-refractivity contribution in [2.24, 2.45) is 5.92 Å². The minimum atomic E-state index is 0.508. The number of hydrogen-bond donors (Lipinski definition) is 0. The molecule has 1 aromatic carbocycles. The van der Waals surface area contributed by atoms with Gasteiger partial charge in [-0.15, -0.1) is 6.58 Å². The van der Waals surface area contributed by atoms with Crippen LogP contribution in [0.15, 0.2) is 72.4 Å².